The van der Waals surface area contributed by atoms with E-state index in [1.165, 1.54) is 14.2 Å². The highest BCUT2D eigenvalue weighted by molar-refractivity contribution is 5.91. The van der Waals surface area contributed by atoms with Gasteiger partial charge in [-0.1, -0.05) is 54.6 Å². The van der Waals surface area contributed by atoms with E-state index in [2.05, 4.69) is 54.6 Å². The fraction of sp³-hybridized carbons (Fsp3) is 0.293. The van der Waals surface area contributed by atoms with Crippen LogP contribution in [0.15, 0.2) is 85.1 Å². The van der Waals surface area contributed by atoms with Crippen LogP contribution in [0.25, 0.3) is 44.5 Å². The smallest absolute Gasteiger partial charge is 0.407 e. The van der Waals surface area contributed by atoms with Crippen molar-refractivity contribution in [1.82, 2.24) is 45.4 Å². The van der Waals surface area contributed by atoms with E-state index in [4.69, 9.17) is 14.7 Å². The fourth-order valence-electron chi connectivity index (χ4n) is 7.72. The molecule has 56 heavy (non-hydrogen) atoms. The predicted octanol–water partition coefficient (Wildman–Crippen LogP) is 5.95. The molecule has 0 aliphatic carbocycles. The highest BCUT2D eigenvalue weighted by Crippen LogP contribution is 2.35. The van der Waals surface area contributed by atoms with Gasteiger partial charge in [0.25, 0.3) is 5.91 Å². The third-order valence-electron chi connectivity index (χ3n) is 10.5. The van der Waals surface area contributed by atoms with Crippen molar-refractivity contribution in [3.63, 3.8) is 0 Å². The number of fused-ring (bicyclic) bond motifs is 2. The molecule has 2 saturated heterocycles. The summed E-state index contributed by atoms with van der Waals surface area (Å²) in [5, 5.41) is 7.25. The SMILES string of the molecule is COC(=O)NCC(=O)N1CCCC1c1ncc(-c2ccc3cc(-c4ccc5[nH]c(C6CCCN6C(=O)C(NC(=O)OC)c6ccccc6)nc5n4)ccc3c2)[nH]1. The lowest BCUT2D eigenvalue weighted by Gasteiger charge is -2.28. The van der Waals surface area contributed by atoms with Crippen molar-refractivity contribution in [1.29, 1.82) is 0 Å². The molecule has 6 aromatic rings. The van der Waals surface area contributed by atoms with Crippen LogP contribution in [0.2, 0.25) is 0 Å². The van der Waals surface area contributed by atoms with Gasteiger partial charge in [0, 0.05) is 24.2 Å². The number of alkyl carbamates (subject to hydrolysis) is 2. The number of hydrogen-bond donors (Lipinski definition) is 4. The second kappa shape index (κ2) is 15.5. The number of methoxy groups -OCH3 is 2. The van der Waals surface area contributed by atoms with Gasteiger partial charge in [-0.25, -0.2) is 24.5 Å². The monoisotopic (exact) mass is 755 g/mol. The zero-order chi connectivity index (χ0) is 38.8. The highest BCUT2D eigenvalue weighted by atomic mass is 16.5. The maximum absolute atomic E-state index is 13.9. The first-order valence-corrected chi connectivity index (χ1v) is 18.6. The van der Waals surface area contributed by atoms with E-state index in [9.17, 15) is 19.2 Å². The summed E-state index contributed by atoms with van der Waals surface area (Å²) in [6.07, 6.45) is 3.61. The van der Waals surface area contributed by atoms with Gasteiger partial charge in [-0.15, -0.1) is 0 Å². The van der Waals surface area contributed by atoms with Crippen molar-refractivity contribution < 1.29 is 28.7 Å². The Balaban J connectivity index is 0.985. The molecule has 2 fully saturated rings. The summed E-state index contributed by atoms with van der Waals surface area (Å²) in [7, 11) is 2.54. The number of likely N-dealkylation sites (tertiary alicyclic amines) is 2. The van der Waals surface area contributed by atoms with Crippen molar-refractivity contribution in [3.05, 3.63) is 102 Å². The number of amides is 4. The summed E-state index contributed by atoms with van der Waals surface area (Å²) in [6.45, 7) is 0.993. The van der Waals surface area contributed by atoms with Crippen LogP contribution in [0, 0.1) is 0 Å². The highest BCUT2D eigenvalue weighted by Gasteiger charge is 2.37. The molecule has 0 radical (unpaired) electrons. The molecule has 15 heteroatoms. The van der Waals surface area contributed by atoms with Gasteiger partial charge in [0.1, 0.15) is 24.2 Å². The molecule has 4 amide bonds. The first-order chi connectivity index (χ1) is 27.3. The summed E-state index contributed by atoms with van der Waals surface area (Å²) in [5.41, 5.74) is 5.50. The van der Waals surface area contributed by atoms with Crippen LogP contribution < -0.4 is 10.6 Å². The Kier molecular flexibility index (Phi) is 10.0. The lowest BCUT2D eigenvalue weighted by Crippen LogP contribution is -2.42. The van der Waals surface area contributed by atoms with Gasteiger partial charge in [-0.05, 0) is 66.3 Å². The van der Waals surface area contributed by atoms with E-state index in [1.54, 1.807) is 16.0 Å². The van der Waals surface area contributed by atoms with Crippen molar-refractivity contribution in [3.8, 4) is 22.5 Å². The van der Waals surface area contributed by atoms with Crippen LogP contribution in [0.1, 0.15) is 61.0 Å². The van der Waals surface area contributed by atoms with Crippen molar-refractivity contribution in [2.45, 2.75) is 43.8 Å². The molecule has 2 aliphatic rings. The molecular formula is C41H41N9O6. The molecule has 8 rings (SSSR count). The van der Waals surface area contributed by atoms with Gasteiger partial charge in [-0.2, -0.15) is 0 Å². The van der Waals surface area contributed by atoms with E-state index in [-0.39, 0.29) is 30.4 Å². The third kappa shape index (κ3) is 7.22. The van der Waals surface area contributed by atoms with Gasteiger partial charge in [-0.3, -0.25) is 9.59 Å². The lowest BCUT2D eigenvalue weighted by atomic mass is 10.0. The lowest BCUT2D eigenvalue weighted by molar-refractivity contribution is -0.134. The number of benzene rings is 3. The Morgan fingerprint density at radius 2 is 1.48 bits per heavy atom. The number of pyridine rings is 1. The third-order valence-corrected chi connectivity index (χ3v) is 10.5. The number of nitrogens with zero attached hydrogens (tertiary/aromatic N) is 5. The number of carbonyl (C=O) groups is 4. The zero-order valence-corrected chi connectivity index (χ0v) is 31.0. The van der Waals surface area contributed by atoms with Gasteiger partial charge < -0.3 is 39.9 Å². The second-order valence-electron chi connectivity index (χ2n) is 13.9. The van der Waals surface area contributed by atoms with E-state index in [1.807, 2.05) is 54.6 Å². The number of carbonyl (C=O) groups excluding carboxylic acids is 4. The molecule has 0 spiro atoms. The second-order valence-corrected chi connectivity index (χ2v) is 13.9. The number of aromatic nitrogens is 5. The van der Waals surface area contributed by atoms with Gasteiger partial charge in [0.2, 0.25) is 5.91 Å². The summed E-state index contributed by atoms with van der Waals surface area (Å²) < 4.78 is 9.41. The summed E-state index contributed by atoms with van der Waals surface area (Å²) in [4.78, 5) is 75.2. The van der Waals surface area contributed by atoms with Gasteiger partial charge in [0.15, 0.2) is 5.65 Å². The van der Waals surface area contributed by atoms with Crippen molar-refractivity contribution in [2.24, 2.45) is 0 Å². The maximum atomic E-state index is 13.9. The number of imidazole rings is 2. The fourth-order valence-corrected chi connectivity index (χ4v) is 7.72. The van der Waals surface area contributed by atoms with Crippen LogP contribution >= 0.6 is 0 Å². The molecule has 3 atom stereocenters. The van der Waals surface area contributed by atoms with Gasteiger partial charge >= 0.3 is 12.2 Å². The first kappa shape index (κ1) is 36.2. The topological polar surface area (TPSA) is 188 Å². The Morgan fingerprint density at radius 1 is 0.786 bits per heavy atom. The van der Waals surface area contributed by atoms with E-state index in [0.717, 1.165) is 64.5 Å². The summed E-state index contributed by atoms with van der Waals surface area (Å²) >= 11 is 0. The number of H-pyrrole nitrogens is 2. The largest absolute Gasteiger partial charge is 0.453 e. The van der Waals surface area contributed by atoms with Crippen LogP contribution in [0.3, 0.4) is 0 Å². The number of hydrogen-bond acceptors (Lipinski definition) is 9. The van der Waals surface area contributed by atoms with E-state index >= 15 is 0 Å². The standard InChI is InChI=1S/C41H41N9O6/c1-55-40(53)43-23-34(51)49-18-6-10-32(49)37-42-22-31(46-37)28-15-13-25-20-27(14-12-26(25)21-28)29-16-17-30-36(44-29)48-38(45-30)33-11-7-19-50(33)39(52)35(47-41(54)56-2)24-8-4-3-5-9-24/h3-5,8-9,12-17,20-22,32-33,35H,6-7,10-11,18-19,23H2,1-2H3,(H,42,46)(H,43,53)(H,47,54)(H,44,45,48). The minimum atomic E-state index is -0.900. The van der Waals surface area contributed by atoms with Crippen molar-refractivity contribution >= 4 is 45.9 Å². The molecule has 3 aromatic carbocycles. The molecule has 286 valence electrons. The molecule has 2 aliphatic heterocycles. The molecule has 3 aromatic heterocycles. The summed E-state index contributed by atoms with van der Waals surface area (Å²) in [5.74, 6) is 0.941. The van der Waals surface area contributed by atoms with Crippen LogP contribution in [0.5, 0.6) is 0 Å². The Morgan fingerprint density at radius 3 is 2.23 bits per heavy atom. The van der Waals surface area contributed by atoms with Gasteiger partial charge in [0.05, 0.1) is 49.4 Å². The molecule has 5 heterocycles. The van der Waals surface area contributed by atoms with Crippen molar-refractivity contribution in [2.75, 3.05) is 33.9 Å². The minimum Gasteiger partial charge on any atom is -0.453 e. The first-order valence-electron chi connectivity index (χ1n) is 18.6. The normalized spacial score (nSPS) is 17.2. The van der Waals surface area contributed by atoms with Crippen LogP contribution in [-0.2, 0) is 19.1 Å². The van der Waals surface area contributed by atoms with Crippen LogP contribution in [0.4, 0.5) is 9.59 Å². The Bertz CT molecular complexity index is 2430. The van der Waals surface area contributed by atoms with E-state index in [0.29, 0.717) is 35.9 Å². The zero-order valence-electron chi connectivity index (χ0n) is 31.0. The minimum absolute atomic E-state index is 0.133. The molecule has 0 bridgehead atoms. The average molecular weight is 756 g/mol. The number of aromatic amines is 2. The summed E-state index contributed by atoms with van der Waals surface area (Å²) in [6, 6.07) is 24.0. The quantitative estimate of drug-likeness (QED) is 0.138. The Labute approximate surface area is 321 Å². The number of nitrogens with one attached hydrogen (secondary N) is 4. The molecule has 0 saturated carbocycles. The number of rotatable bonds is 9. The molecule has 3 unspecified atom stereocenters. The van der Waals surface area contributed by atoms with E-state index < -0.39 is 18.2 Å². The predicted molar refractivity (Wildman–Crippen MR) is 207 cm³/mol. The van der Waals surface area contributed by atoms with Crippen LogP contribution in [-0.4, -0.2) is 92.6 Å². The molecular weight excluding hydrogens is 715 g/mol. The Hall–Kier alpha value is -6.77. The molecule has 15 nitrogen and oxygen atoms in total. The average Bonchev–Trinajstić information content (AvgIpc) is 4.07. The molecule has 4 N–H and O–H groups in total. The maximum Gasteiger partial charge on any atom is 0.407 e. The number of ether oxygens (including phenoxy) is 2.